The van der Waals surface area contributed by atoms with Crippen LogP contribution in [0.15, 0.2) is 36.5 Å². The molecule has 0 N–H and O–H groups in total. The van der Waals surface area contributed by atoms with E-state index < -0.39 is 0 Å². The molecule has 1 aromatic carbocycles. The van der Waals surface area contributed by atoms with Gasteiger partial charge in [-0.05, 0) is 37.1 Å². The summed E-state index contributed by atoms with van der Waals surface area (Å²) in [5, 5.41) is 4.12. The normalized spacial score (nSPS) is 20.2. The van der Waals surface area contributed by atoms with Gasteiger partial charge in [-0.15, -0.1) is 0 Å². The topological polar surface area (TPSA) is 50.6 Å². The molecule has 1 aromatic heterocycles. The van der Waals surface area contributed by atoms with E-state index in [0.717, 1.165) is 37.4 Å². The second kappa shape index (κ2) is 6.98. The maximum atomic E-state index is 12.9. The summed E-state index contributed by atoms with van der Waals surface area (Å²) in [4.78, 5) is 17.3. The standard InChI is InChI=1S/C19H24N4O2/c1-21-17(8-9-20-21)13-25-14-19(24)23-12-16-6-4-10-22(16)11-15-5-2-3-7-18(15)23/h2-3,5,7-9,16H,4,6,10-14H2,1H3. The Kier molecular flexibility index (Phi) is 4.55. The molecule has 0 saturated carbocycles. The van der Waals surface area contributed by atoms with Crippen molar-refractivity contribution in [1.29, 1.82) is 0 Å². The molecule has 2 aliphatic rings. The third kappa shape index (κ3) is 3.32. The molecular formula is C19H24N4O2. The number of ether oxygens (including phenoxy) is 1. The quantitative estimate of drug-likeness (QED) is 0.854. The predicted octanol–water partition coefficient (Wildman–Crippen LogP) is 1.95. The molecule has 1 fully saturated rings. The van der Waals surface area contributed by atoms with Gasteiger partial charge < -0.3 is 9.64 Å². The van der Waals surface area contributed by atoms with Gasteiger partial charge in [0.15, 0.2) is 0 Å². The lowest BCUT2D eigenvalue weighted by Gasteiger charge is -2.26. The largest absolute Gasteiger partial charge is 0.365 e. The number of anilines is 1. The van der Waals surface area contributed by atoms with E-state index in [9.17, 15) is 4.79 Å². The van der Waals surface area contributed by atoms with E-state index in [1.807, 2.05) is 24.1 Å². The predicted molar refractivity (Wildman–Crippen MR) is 95.1 cm³/mol. The zero-order valence-corrected chi connectivity index (χ0v) is 14.6. The number of rotatable bonds is 4. The second-order valence-corrected chi connectivity index (χ2v) is 6.84. The molecule has 1 unspecified atom stereocenters. The molecule has 6 nitrogen and oxygen atoms in total. The van der Waals surface area contributed by atoms with Crippen molar-refractivity contribution in [3.8, 4) is 0 Å². The summed E-state index contributed by atoms with van der Waals surface area (Å²) in [6, 6.07) is 10.6. The van der Waals surface area contributed by atoms with Gasteiger partial charge in [0, 0.05) is 38.1 Å². The van der Waals surface area contributed by atoms with Crippen molar-refractivity contribution in [3.63, 3.8) is 0 Å². The average Bonchev–Trinajstić information content (AvgIpc) is 3.19. The van der Waals surface area contributed by atoms with Gasteiger partial charge in [0.05, 0.1) is 12.3 Å². The molecule has 0 aliphatic carbocycles. The van der Waals surface area contributed by atoms with Crippen molar-refractivity contribution < 1.29 is 9.53 Å². The first-order chi connectivity index (χ1) is 12.2. The fourth-order valence-corrected chi connectivity index (χ4v) is 3.85. The number of carbonyl (C=O) groups is 1. The Hall–Kier alpha value is -2.18. The molecule has 6 heteroatoms. The SMILES string of the molecule is Cn1nccc1COCC(=O)N1CC2CCCN2Cc2ccccc21. The second-order valence-electron chi connectivity index (χ2n) is 6.84. The van der Waals surface area contributed by atoms with Gasteiger partial charge in [0.2, 0.25) is 0 Å². The average molecular weight is 340 g/mol. The Bertz CT molecular complexity index is 757. The first-order valence-electron chi connectivity index (χ1n) is 8.89. The van der Waals surface area contributed by atoms with Gasteiger partial charge in [-0.25, -0.2) is 0 Å². The number of benzene rings is 1. The van der Waals surface area contributed by atoms with E-state index in [-0.39, 0.29) is 12.5 Å². The van der Waals surface area contributed by atoms with Gasteiger partial charge in [0.1, 0.15) is 6.61 Å². The van der Waals surface area contributed by atoms with Crippen LogP contribution in [0, 0.1) is 0 Å². The summed E-state index contributed by atoms with van der Waals surface area (Å²) in [6.45, 7) is 3.29. The monoisotopic (exact) mass is 340 g/mol. The Morgan fingerprint density at radius 1 is 1.32 bits per heavy atom. The van der Waals surface area contributed by atoms with Gasteiger partial charge in [-0.2, -0.15) is 5.10 Å². The van der Waals surface area contributed by atoms with Crippen molar-refractivity contribution >= 4 is 11.6 Å². The molecule has 132 valence electrons. The smallest absolute Gasteiger partial charge is 0.253 e. The first-order valence-corrected chi connectivity index (χ1v) is 8.89. The highest BCUT2D eigenvalue weighted by Gasteiger charge is 2.33. The molecule has 1 atom stereocenters. The van der Waals surface area contributed by atoms with Crippen LogP contribution in [0.3, 0.4) is 0 Å². The van der Waals surface area contributed by atoms with Crippen molar-refractivity contribution in [2.45, 2.75) is 32.0 Å². The molecule has 1 amide bonds. The highest BCUT2D eigenvalue weighted by molar-refractivity contribution is 5.95. The van der Waals surface area contributed by atoms with E-state index >= 15 is 0 Å². The number of hydrogen-bond donors (Lipinski definition) is 0. The summed E-state index contributed by atoms with van der Waals surface area (Å²) < 4.78 is 7.44. The fourth-order valence-electron chi connectivity index (χ4n) is 3.85. The number of hydrogen-bond acceptors (Lipinski definition) is 4. The van der Waals surface area contributed by atoms with Crippen LogP contribution in [0.2, 0.25) is 0 Å². The number of nitrogens with zero attached hydrogens (tertiary/aromatic N) is 4. The molecule has 25 heavy (non-hydrogen) atoms. The van der Waals surface area contributed by atoms with Crippen LogP contribution in [0.25, 0.3) is 0 Å². The maximum Gasteiger partial charge on any atom is 0.253 e. The molecule has 3 heterocycles. The van der Waals surface area contributed by atoms with Crippen LogP contribution in [0.5, 0.6) is 0 Å². The van der Waals surface area contributed by atoms with Crippen LogP contribution < -0.4 is 4.90 Å². The number of aryl methyl sites for hydroxylation is 1. The van der Waals surface area contributed by atoms with Crippen molar-refractivity contribution in [2.24, 2.45) is 7.05 Å². The Balaban J connectivity index is 1.47. The van der Waals surface area contributed by atoms with Gasteiger partial charge in [0.25, 0.3) is 5.91 Å². The molecular weight excluding hydrogens is 316 g/mol. The summed E-state index contributed by atoms with van der Waals surface area (Å²) in [6.07, 6.45) is 4.11. The zero-order chi connectivity index (χ0) is 17.2. The van der Waals surface area contributed by atoms with E-state index in [0.29, 0.717) is 12.6 Å². The van der Waals surface area contributed by atoms with Gasteiger partial charge in [-0.1, -0.05) is 18.2 Å². The Morgan fingerprint density at radius 2 is 2.20 bits per heavy atom. The molecule has 0 spiro atoms. The van der Waals surface area contributed by atoms with E-state index in [2.05, 4.69) is 28.2 Å². The Labute approximate surface area is 148 Å². The molecule has 4 rings (SSSR count). The van der Waals surface area contributed by atoms with Crippen LogP contribution in [0.4, 0.5) is 5.69 Å². The summed E-state index contributed by atoms with van der Waals surface area (Å²) in [5.41, 5.74) is 3.23. The van der Waals surface area contributed by atoms with Crippen LogP contribution in [-0.4, -0.2) is 46.3 Å². The minimum absolute atomic E-state index is 0.0309. The molecule has 2 aromatic rings. The number of fused-ring (bicyclic) bond motifs is 2. The van der Waals surface area contributed by atoms with E-state index in [4.69, 9.17) is 4.74 Å². The lowest BCUT2D eigenvalue weighted by molar-refractivity contribution is -0.123. The summed E-state index contributed by atoms with van der Waals surface area (Å²) >= 11 is 0. The molecule has 1 saturated heterocycles. The highest BCUT2D eigenvalue weighted by atomic mass is 16.5. The van der Waals surface area contributed by atoms with E-state index in [1.165, 1.54) is 12.0 Å². The van der Waals surface area contributed by atoms with Gasteiger partial charge >= 0.3 is 0 Å². The lowest BCUT2D eigenvalue weighted by atomic mass is 10.1. The molecule has 0 radical (unpaired) electrons. The van der Waals surface area contributed by atoms with Gasteiger partial charge in [-0.3, -0.25) is 14.4 Å². The number of aromatic nitrogens is 2. The number of carbonyl (C=O) groups excluding carboxylic acids is 1. The Morgan fingerprint density at radius 3 is 3.04 bits per heavy atom. The van der Waals surface area contributed by atoms with Crippen molar-refractivity contribution in [3.05, 3.63) is 47.8 Å². The third-order valence-electron chi connectivity index (χ3n) is 5.25. The lowest BCUT2D eigenvalue weighted by Crippen LogP contribution is -2.42. The number of para-hydroxylation sites is 1. The molecule has 2 aliphatic heterocycles. The van der Waals surface area contributed by atoms with Crippen LogP contribution in [0.1, 0.15) is 24.1 Å². The minimum Gasteiger partial charge on any atom is -0.365 e. The number of amides is 1. The first kappa shape index (κ1) is 16.3. The summed E-state index contributed by atoms with van der Waals surface area (Å²) in [5.74, 6) is 0.0309. The van der Waals surface area contributed by atoms with Crippen molar-refractivity contribution in [2.75, 3.05) is 24.6 Å². The summed E-state index contributed by atoms with van der Waals surface area (Å²) in [7, 11) is 1.88. The minimum atomic E-state index is 0.0309. The zero-order valence-electron chi connectivity index (χ0n) is 14.6. The van der Waals surface area contributed by atoms with E-state index in [1.54, 1.807) is 10.9 Å². The third-order valence-corrected chi connectivity index (χ3v) is 5.25. The molecule has 0 bridgehead atoms. The van der Waals surface area contributed by atoms with Crippen molar-refractivity contribution in [1.82, 2.24) is 14.7 Å². The van der Waals surface area contributed by atoms with Crippen LogP contribution in [-0.2, 0) is 29.7 Å². The fraction of sp³-hybridized carbons (Fsp3) is 0.474. The highest BCUT2D eigenvalue weighted by Crippen LogP contribution is 2.31. The maximum absolute atomic E-state index is 12.9. The van der Waals surface area contributed by atoms with Crippen LogP contribution >= 0.6 is 0 Å².